The van der Waals surface area contributed by atoms with Crippen LogP contribution >= 0.6 is 0 Å². The molecule has 1 aromatic heterocycles. The minimum absolute atomic E-state index is 0.252. The van der Waals surface area contributed by atoms with Gasteiger partial charge in [-0.3, -0.25) is 20.0 Å². The van der Waals surface area contributed by atoms with E-state index in [2.05, 4.69) is 9.88 Å². The number of nitro benzene ring substituents is 1. The lowest BCUT2D eigenvalue weighted by atomic mass is 10.2. The van der Waals surface area contributed by atoms with Crippen LogP contribution in [0.1, 0.15) is 5.69 Å². The van der Waals surface area contributed by atoms with Gasteiger partial charge < -0.3 is 4.90 Å². The van der Waals surface area contributed by atoms with E-state index < -0.39 is 14.9 Å². The highest BCUT2D eigenvalue weighted by atomic mass is 32.2. The van der Waals surface area contributed by atoms with E-state index in [-0.39, 0.29) is 10.6 Å². The van der Waals surface area contributed by atoms with Crippen LogP contribution in [-0.4, -0.2) is 49.4 Å². The molecule has 1 aliphatic heterocycles. The molecular formula is C16H19N5O4S. The minimum atomic E-state index is -4.02. The minimum Gasteiger partial charge on any atom is -0.369 e. The quantitative estimate of drug-likeness (QED) is 0.608. The Bertz CT molecular complexity index is 896. The second kappa shape index (κ2) is 7.36. The number of anilines is 1. The standard InChI is InChI=1S/C16H19N5O4S/c17-26(24,25)16-10-14(9-15(11-16)21(22)23)20-7-5-19(6-8-20)12-13-3-1-2-4-18-13/h1-4,9-11H,5-8,12H2,(H2,17,24,25). The van der Waals surface area contributed by atoms with Crippen molar-refractivity contribution in [3.63, 3.8) is 0 Å². The van der Waals surface area contributed by atoms with Crippen molar-refractivity contribution in [2.24, 2.45) is 5.14 Å². The molecule has 2 aromatic rings. The summed E-state index contributed by atoms with van der Waals surface area (Å²) < 4.78 is 23.2. The normalized spacial score (nSPS) is 15.8. The first-order chi connectivity index (χ1) is 12.3. The summed E-state index contributed by atoms with van der Waals surface area (Å²) in [6.07, 6.45) is 1.75. The third-order valence-corrected chi connectivity index (χ3v) is 5.16. The highest BCUT2D eigenvalue weighted by Gasteiger charge is 2.22. The fraction of sp³-hybridized carbons (Fsp3) is 0.312. The van der Waals surface area contributed by atoms with E-state index in [0.717, 1.165) is 31.4 Å². The van der Waals surface area contributed by atoms with Crippen LogP contribution in [0.4, 0.5) is 11.4 Å². The van der Waals surface area contributed by atoms with E-state index in [1.165, 1.54) is 12.1 Å². The van der Waals surface area contributed by atoms with Gasteiger partial charge in [-0.1, -0.05) is 6.07 Å². The lowest BCUT2D eigenvalue weighted by Gasteiger charge is -2.36. The Morgan fingerprint density at radius 3 is 2.46 bits per heavy atom. The van der Waals surface area contributed by atoms with E-state index in [4.69, 9.17) is 5.14 Å². The van der Waals surface area contributed by atoms with Crippen LogP contribution in [0.15, 0.2) is 47.5 Å². The number of nitrogens with two attached hydrogens (primary N) is 1. The number of pyridine rings is 1. The number of rotatable bonds is 5. The van der Waals surface area contributed by atoms with E-state index in [9.17, 15) is 18.5 Å². The van der Waals surface area contributed by atoms with E-state index in [1.54, 1.807) is 6.20 Å². The Morgan fingerprint density at radius 2 is 1.88 bits per heavy atom. The Labute approximate surface area is 151 Å². The summed E-state index contributed by atoms with van der Waals surface area (Å²) in [4.78, 5) is 18.7. The van der Waals surface area contributed by atoms with Crippen LogP contribution in [0.25, 0.3) is 0 Å². The fourth-order valence-corrected chi connectivity index (χ4v) is 3.48. The molecule has 1 saturated heterocycles. The molecule has 0 saturated carbocycles. The van der Waals surface area contributed by atoms with Crippen molar-refractivity contribution in [1.82, 2.24) is 9.88 Å². The van der Waals surface area contributed by atoms with Gasteiger partial charge in [0, 0.05) is 56.7 Å². The maximum atomic E-state index is 11.6. The summed E-state index contributed by atoms with van der Waals surface area (Å²) in [6.45, 7) is 3.45. The van der Waals surface area contributed by atoms with Gasteiger partial charge in [-0.25, -0.2) is 13.6 Å². The first-order valence-electron chi connectivity index (χ1n) is 8.02. The third-order valence-electron chi connectivity index (χ3n) is 4.26. The third kappa shape index (κ3) is 4.34. The molecule has 1 fully saturated rings. The zero-order valence-corrected chi connectivity index (χ0v) is 14.8. The largest absolute Gasteiger partial charge is 0.369 e. The summed E-state index contributed by atoms with van der Waals surface area (Å²) in [5.74, 6) is 0. The molecule has 0 radical (unpaired) electrons. The topological polar surface area (TPSA) is 123 Å². The molecule has 10 heteroatoms. The molecule has 26 heavy (non-hydrogen) atoms. The molecule has 1 aliphatic rings. The summed E-state index contributed by atoms with van der Waals surface area (Å²) >= 11 is 0. The van der Waals surface area contributed by atoms with Gasteiger partial charge in [0.1, 0.15) is 0 Å². The molecule has 0 aliphatic carbocycles. The Hall–Kier alpha value is -2.56. The Morgan fingerprint density at radius 1 is 1.15 bits per heavy atom. The van der Waals surface area contributed by atoms with Crippen LogP contribution in [-0.2, 0) is 16.6 Å². The van der Waals surface area contributed by atoms with Gasteiger partial charge in [0.25, 0.3) is 5.69 Å². The summed E-state index contributed by atoms with van der Waals surface area (Å²) in [6, 6.07) is 9.52. The second-order valence-electron chi connectivity index (χ2n) is 6.07. The van der Waals surface area contributed by atoms with Crippen molar-refractivity contribution in [1.29, 1.82) is 0 Å². The second-order valence-corrected chi connectivity index (χ2v) is 7.63. The summed E-state index contributed by atoms with van der Waals surface area (Å²) in [5.41, 5.74) is 1.18. The number of nitrogens with zero attached hydrogens (tertiary/aromatic N) is 4. The zero-order valence-electron chi connectivity index (χ0n) is 14.0. The first-order valence-corrected chi connectivity index (χ1v) is 9.57. The van der Waals surface area contributed by atoms with Crippen LogP contribution < -0.4 is 10.0 Å². The summed E-state index contributed by atoms with van der Waals surface area (Å²) in [5, 5.41) is 16.3. The van der Waals surface area contributed by atoms with Gasteiger partial charge in [-0.15, -0.1) is 0 Å². The van der Waals surface area contributed by atoms with Gasteiger partial charge in [0.05, 0.1) is 15.5 Å². The van der Waals surface area contributed by atoms with E-state index in [1.807, 2.05) is 23.1 Å². The molecule has 0 spiro atoms. The lowest BCUT2D eigenvalue weighted by Crippen LogP contribution is -2.46. The van der Waals surface area contributed by atoms with Gasteiger partial charge in [0.15, 0.2) is 0 Å². The van der Waals surface area contributed by atoms with Crippen molar-refractivity contribution in [3.8, 4) is 0 Å². The van der Waals surface area contributed by atoms with Crippen LogP contribution in [0, 0.1) is 10.1 Å². The molecule has 0 bridgehead atoms. The Balaban J connectivity index is 1.74. The fourth-order valence-electron chi connectivity index (χ4n) is 2.91. The highest BCUT2D eigenvalue weighted by molar-refractivity contribution is 7.89. The highest BCUT2D eigenvalue weighted by Crippen LogP contribution is 2.27. The maximum Gasteiger partial charge on any atom is 0.272 e. The monoisotopic (exact) mass is 377 g/mol. The average molecular weight is 377 g/mol. The van der Waals surface area contributed by atoms with Crippen molar-refractivity contribution in [3.05, 3.63) is 58.4 Å². The number of piperazine rings is 1. The van der Waals surface area contributed by atoms with Gasteiger partial charge >= 0.3 is 0 Å². The first kappa shape index (κ1) is 18.2. The van der Waals surface area contributed by atoms with Gasteiger partial charge in [0.2, 0.25) is 10.0 Å². The number of non-ortho nitro benzene ring substituents is 1. The molecule has 2 N–H and O–H groups in total. The summed E-state index contributed by atoms with van der Waals surface area (Å²) in [7, 11) is -4.02. The van der Waals surface area contributed by atoms with Crippen molar-refractivity contribution >= 4 is 21.4 Å². The number of benzene rings is 1. The van der Waals surface area contributed by atoms with Crippen molar-refractivity contribution in [2.45, 2.75) is 11.4 Å². The molecular weight excluding hydrogens is 358 g/mol. The molecule has 0 unspecified atom stereocenters. The molecule has 0 amide bonds. The molecule has 3 rings (SSSR count). The number of aromatic nitrogens is 1. The number of hydrogen-bond acceptors (Lipinski definition) is 7. The molecule has 9 nitrogen and oxygen atoms in total. The van der Waals surface area contributed by atoms with Crippen LogP contribution in [0.5, 0.6) is 0 Å². The van der Waals surface area contributed by atoms with E-state index in [0.29, 0.717) is 18.8 Å². The van der Waals surface area contributed by atoms with E-state index >= 15 is 0 Å². The van der Waals surface area contributed by atoms with Crippen LogP contribution in [0.2, 0.25) is 0 Å². The van der Waals surface area contributed by atoms with Crippen molar-refractivity contribution in [2.75, 3.05) is 31.1 Å². The molecule has 2 heterocycles. The molecule has 138 valence electrons. The number of primary sulfonamides is 1. The SMILES string of the molecule is NS(=O)(=O)c1cc(N2CCN(Cc3ccccn3)CC2)cc([N+](=O)[O-])c1. The average Bonchev–Trinajstić information content (AvgIpc) is 2.62. The number of hydrogen-bond donors (Lipinski definition) is 1. The van der Waals surface area contributed by atoms with Crippen molar-refractivity contribution < 1.29 is 13.3 Å². The lowest BCUT2D eigenvalue weighted by molar-refractivity contribution is -0.385. The number of nitro groups is 1. The predicted molar refractivity (Wildman–Crippen MR) is 96.2 cm³/mol. The predicted octanol–water partition coefficient (Wildman–Crippen LogP) is 0.959. The smallest absolute Gasteiger partial charge is 0.272 e. The number of sulfonamides is 1. The Kier molecular flexibility index (Phi) is 5.16. The molecule has 1 aromatic carbocycles. The van der Waals surface area contributed by atoms with Gasteiger partial charge in [-0.05, 0) is 18.2 Å². The maximum absolute atomic E-state index is 11.6. The molecule has 0 atom stereocenters. The van der Waals surface area contributed by atoms with Gasteiger partial charge in [-0.2, -0.15) is 0 Å². The zero-order chi connectivity index (χ0) is 18.7. The van der Waals surface area contributed by atoms with Crippen LogP contribution in [0.3, 0.4) is 0 Å².